The number of hydrogen-bond donors (Lipinski definition) is 2. The monoisotopic (exact) mass is 286 g/mol. The average Bonchev–Trinajstić information content (AvgIpc) is 2.43. The van der Waals surface area contributed by atoms with Crippen molar-refractivity contribution in [3.63, 3.8) is 0 Å². The van der Waals surface area contributed by atoms with E-state index in [-0.39, 0.29) is 24.6 Å². The van der Waals surface area contributed by atoms with E-state index in [0.717, 1.165) is 5.69 Å². The first-order valence-corrected chi connectivity index (χ1v) is 7.37. The van der Waals surface area contributed by atoms with Crippen molar-refractivity contribution in [3.8, 4) is 0 Å². The first-order chi connectivity index (χ1) is 8.95. The predicted molar refractivity (Wildman–Crippen MR) is 72.4 cm³/mol. The van der Waals surface area contributed by atoms with Gasteiger partial charge in [-0.2, -0.15) is 0 Å². The SMILES string of the molecule is CN(CC/C(N)=N/O)S(=O)(=O)CCc1ccccn1. The Balaban J connectivity index is 2.51. The molecule has 106 valence electrons. The van der Waals surface area contributed by atoms with Gasteiger partial charge < -0.3 is 10.9 Å². The highest BCUT2D eigenvalue weighted by Gasteiger charge is 2.18. The fourth-order valence-electron chi connectivity index (χ4n) is 1.40. The van der Waals surface area contributed by atoms with E-state index >= 15 is 0 Å². The molecule has 0 aliphatic heterocycles. The Bertz CT molecular complexity index is 516. The van der Waals surface area contributed by atoms with Gasteiger partial charge in [0, 0.05) is 38.3 Å². The topological polar surface area (TPSA) is 109 Å². The van der Waals surface area contributed by atoms with Gasteiger partial charge in [-0.05, 0) is 12.1 Å². The second kappa shape index (κ2) is 7.05. The van der Waals surface area contributed by atoms with E-state index in [0.29, 0.717) is 6.42 Å². The Hall–Kier alpha value is -1.67. The molecule has 0 amide bonds. The van der Waals surface area contributed by atoms with Crippen LogP contribution in [0.4, 0.5) is 0 Å². The minimum Gasteiger partial charge on any atom is -0.409 e. The smallest absolute Gasteiger partial charge is 0.214 e. The third kappa shape index (κ3) is 5.23. The summed E-state index contributed by atoms with van der Waals surface area (Å²) in [6, 6.07) is 5.38. The minimum absolute atomic E-state index is 0.00627. The highest BCUT2D eigenvalue weighted by molar-refractivity contribution is 7.89. The van der Waals surface area contributed by atoms with E-state index < -0.39 is 10.0 Å². The first kappa shape index (κ1) is 15.4. The van der Waals surface area contributed by atoms with Gasteiger partial charge in [-0.25, -0.2) is 12.7 Å². The quantitative estimate of drug-likeness (QED) is 0.318. The summed E-state index contributed by atoms with van der Waals surface area (Å²) in [6.07, 6.45) is 2.18. The Morgan fingerprint density at radius 3 is 2.84 bits per heavy atom. The number of nitrogens with zero attached hydrogens (tertiary/aromatic N) is 3. The molecule has 0 saturated heterocycles. The van der Waals surface area contributed by atoms with Gasteiger partial charge in [0.25, 0.3) is 0 Å². The van der Waals surface area contributed by atoms with Crippen LogP contribution in [0.1, 0.15) is 12.1 Å². The van der Waals surface area contributed by atoms with E-state index in [4.69, 9.17) is 10.9 Å². The summed E-state index contributed by atoms with van der Waals surface area (Å²) in [4.78, 5) is 4.07. The lowest BCUT2D eigenvalue weighted by molar-refractivity contribution is 0.316. The van der Waals surface area contributed by atoms with E-state index in [1.54, 1.807) is 18.3 Å². The molecule has 3 N–H and O–H groups in total. The Labute approximate surface area is 112 Å². The fraction of sp³-hybridized carbons (Fsp3) is 0.455. The lowest BCUT2D eigenvalue weighted by Crippen LogP contribution is -2.33. The predicted octanol–water partition coefficient (Wildman–Crippen LogP) is 0.0222. The molecule has 0 aliphatic carbocycles. The first-order valence-electron chi connectivity index (χ1n) is 5.76. The van der Waals surface area contributed by atoms with Crippen molar-refractivity contribution in [3.05, 3.63) is 30.1 Å². The van der Waals surface area contributed by atoms with Crippen LogP contribution in [0, 0.1) is 0 Å². The van der Waals surface area contributed by atoms with Gasteiger partial charge in [0.05, 0.1) is 5.75 Å². The van der Waals surface area contributed by atoms with Crippen LogP contribution in [0.3, 0.4) is 0 Å². The molecule has 0 aromatic carbocycles. The zero-order valence-electron chi connectivity index (χ0n) is 10.7. The van der Waals surface area contributed by atoms with Gasteiger partial charge in [-0.3, -0.25) is 4.98 Å². The van der Waals surface area contributed by atoms with Gasteiger partial charge in [-0.1, -0.05) is 11.2 Å². The highest BCUT2D eigenvalue weighted by atomic mass is 32.2. The summed E-state index contributed by atoms with van der Waals surface area (Å²) in [5.41, 5.74) is 6.03. The molecule has 0 radical (unpaired) electrons. The van der Waals surface area contributed by atoms with Crippen molar-refractivity contribution in [1.82, 2.24) is 9.29 Å². The second-order valence-corrected chi connectivity index (χ2v) is 6.25. The minimum atomic E-state index is -3.36. The zero-order valence-corrected chi connectivity index (χ0v) is 11.5. The molecular weight excluding hydrogens is 268 g/mol. The van der Waals surface area contributed by atoms with Crippen LogP contribution in [-0.4, -0.2) is 48.1 Å². The lowest BCUT2D eigenvalue weighted by atomic mass is 10.3. The number of hydrogen-bond acceptors (Lipinski definition) is 5. The zero-order chi connectivity index (χ0) is 14.3. The molecule has 1 aromatic rings. The summed E-state index contributed by atoms with van der Waals surface area (Å²) in [5.74, 6) is -0.0109. The molecule has 1 aromatic heterocycles. The number of oxime groups is 1. The van der Waals surface area contributed by atoms with Crippen LogP contribution in [0.5, 0.6) is 0 Å². The number of rotatable bonds is 7. The van der Waals surface area contributed by atoms with E-state index in [1.165, 1.54) is 11.4 Å². The summed E-state index contributed by atoms with van der Waals surface area (Å²) < 4.78 is 25.1. The number of sulfonamides is 1. The number of aryl methyl sites for hydroxylation is 1. The van der Waals surface area contributed by atoms with Crippen molar-refractivity contribution >= 4 is 15.9 Å². The van der Waals surface area contributed by atoms with Gasteiger partial charge in [0.1, 0.15) is 5.84 Å². The van der Waals surface area contributed by atoms with Crippen LogP contribution >= 0.6 is 0 Å². The van der Waals surface area contributed by atoms with Crippen LogP contribution < -0.4 is 5.73 Å². The summed E-state index contributed by atoms with van der Waals surface area (Å²) in [6.45, 7) is 0.181. The van der Waals surface area contributed by atoms with Crippen molar-refractivity contribution in [2.24, 2.45) is 10.9 Å². The van der Waals surface area contributed by atoms with Crippen LogP contribution in [0.15, 0.2) is 29.6 Å². The molecule has 8 heteroatoms. The molecule has 1 heterocycles. The summed E-state index contributed by atoms with van der Waals surface area (Å²) in [7, 11) is -1.89. The second-order valence-electron chi connectivity index (χ2n) is 4.05. The van der Waals surface area contributed by atoms with Gasteiger partial charge in [0.15, 0.2) is 0 Å². The van der Waals surface area contributed by atoms with E-state index in [2.05, 4.69) is 10.1 Å². The van der Waals surface area contributed by atoms with Crippen LogP contribution in [0.25, 0.3) is 0 Å². The Kier molecular flexibility index (Phi) is 5.71. The molecule has 0 bridgehead atoms. The van der Waals surface area contributed by atoms with Crippen molar-refractivity contribution < 1.29 is 13.6 Å². The lowest BCUT2D eigenvalue weighted by Gasteiger charge is -2.16. The molecule has 0 atom stereocenters. The summed E-state index contributed by atoms with van der Waals surface area (Å²) >= 11 is 0. The fourth-order valence-corrected chi connectivity index (χ4v) is 2.54. The molecule has 7 nitrogen and oxygen atoms in total. The van der Waals surface area contributed by atoms with Crippen LogP contribution in [0.2, 0.25) is 0 Å². The van der Waals surface area contributed by atoms with Gasteiger partial charge in [-0.15, -0.1) is 0 Å². The van der Waals surface area contributed by atoms with Crippen molar-refractivity contribution in [1.29, 1.82) is 0 Å². The molecule has 0 saturated carbocycles. The third-order valence-corrected chi connectivity index (χ3v) is 4.48. The molecule has 1 rings (SSSR count). The molecule has 0 unspecified atom stereocenters. The van der Waals surface area contributed by atoms with Gasteiger partial charge >= 0.3 is 0 Å². The number of pyridine rings is 1. The number of aromatic nitrogens is 1. The third-order valence-electron chi connectivity index (χ3n) is 2.63. The summed E-state index contributed by atoms with van der Waals surface area (Å²) in [5, 5.41) is 11.2. The average molecular weight is 286 g/mol. The largest absolute Gasteiger partial charge is 0.409 e. The standard InChI is InChI=1S/C11H18N4O3S/c1-15(8-5-11(12)14-16)19(17,18)9-6-10-4-2-3-7-13-10/h2-4,7,16H,5-6,8-9H2,1H3,(H2,12,14). The number of amidine groups is 1. The Morgan fingerprint density at radius 1 is 1.53 bits per heavy atom. The maximum absolute atomic E-state index is 12.0. The van der Waals surface area contributed by atoms with Crippen LogP contribution in [-0.2, 0) is 16.4 Å². The molecule has 0 spiro atoms. The molecular formula is C11H18N4O3S. The highest BCUT2D eigenvalue weighted by Crippen LogP contribution is 2.04. The normalized spacial score (nSPS) is 12.8. The van der Waals surface area contributed by atoms with Crippen molar-refractivity contribution in [2.45, 2.75) is 12.8 Å². The molecule has 0 fully saturated rings. The number of nitrogens with two attached hydrogens (primary N) is 1. The van der Waals surface area contributed by atoms with Crippen molar-refractivity contribution in [2.75, 3.05) is 19.3 Å². The van der Waals surface area contributed by atoms with E-state index in [9.17, 15) is 8.42 Å². The Morgan fingerprint density at radius 2 is 2.26 bits per heavy atom. The maximum atomic E-state index is 12.0. The molecule has 19 heavy (non-hydrogen) atoms. The molecule has 0 aliphatic rings. The van der Waals surface area contributed by atoms with Gasteiger partial charge in [0.2, 0.25) is 10.0 Å². The van der Waals surface area contributed by atoms with E-state index in [1.807, 2.05) is 6.07 Å². The maximum Gasteiger partial charge on any atom is 0.214 e.